The highest BCUT2D eigenvalue weighted by Gasteiger charge is 2.45. The van der Waals surface area contributed by atoms with Gasteiger partial charge in [0.15, 0.2) is 5.71 Å². The molecule has 0 spiro atoms. The normalized spacial score (nSPS) is 16.9. The summed E-state index contributed by atoms with van der Waals surface area (Å²) in [6, 6.07) is 10.6. The van der Waals surface area contributed by atoms with Crippen LogP contribution in [0.5, 0.6) is 0 Å². The van der Waals surface area contributed by atoms with Crippen LogP contribution in [0.1, 0.15) is 77.8 Å². The average molecular weight is 794 g/mol. The molecule has 2 aliphatic rings. The van der Waals surface area contributed by atoms with E-state index in [0.29, 0.717) is 25.3 Å². The lowest BCUT2D eigenvalue weighted by Gasteiger charge is -2.25. The molecule has 0 radical (unpaired) electrons. The number of anilines is 1. The van der Waals surface area contributed by atoms with Crippen molar-refractivity contribution in [2.75, 3.05) is 36.0 Å². The Kier molecular flexibility index (Phi) is 14.9. The van der Waals surface area contributed by atoms with E-state index in [1.807, 2.05) is 45.0 Å². The lowest BCUT2D eigenvalue weighted by molar-refractivity contribution is -0.777. The van der Waals surface area contributed by atoms with E-state index in [0.717, 1.165) is 82.4 Å². The Morgan fingerprint density at radius 2 is 1.75 bits per heavy atom. The number of hydrogen-bond acceptors (Lipinski definition) is 11. The number of carboxylic acids is 1. The van der Waals surface area contributed by atoms with Crippen LogP contribution in [0.15, 0.2) is 70.1 Å². The first-order valence-corrected chi connectivity index (χ1v) is 21.7. The number of carbonyl (C=O) groups excluding carboxylic acids is 1. The quantitative estimate of drug-likeness (QED) is 0.0259. The Balaban J connectivity index is 1.49. The molecule has 16 heteroatoms. The van der Waals surface area contributed by atoms with Gasteiger partial charge in [-0.25, -0.2) is 0 Å². The number of nitrogens with zero attached hydrogens (tertiary/aromatic N) is 2. The number of allylic oxidation sites excluding steroid dienone is 4. The Morgan fingerprint density at radius 3 is 2.44 bits per heavy atom. The predicted molar refractivity (Wildman–Crippen MR) is 205 cm³/mol. The molecule has 1 amide bonds. The van der Waals surface area contributed by atoms with Crippen molar-refractivity contribution < 1.29 is 46.9 Å². The first-order chi connectivity index (χ1) is 24.6. The lowest BCUT2D eigenvalue weighted by Crippen LogP contribution is -2.28. The number of likely N-dealkylation sites (N-methyl/N-ethyl adjacent to an activating group) is 1. The van der Waals surface area contributed by atoms with E-state index in [2.05, 4.69) is 50.2 Å². The van der Waals surface area contributed by atoms with Crippen LogP contribution in [-0.2, 0) is 39.9 Å². The highest BCUT2D eigenvalue weighted by atomic mass is 33.1. The summed E-state index contributed by atoms with van der Waals surface area (Å²) in [5.41, 5.74) is 4.96. The SMILES string of the molecule is CCN1/C(=C/C=C/C2=[N+](CCCCCC(=O)NCCSSCCC(=O)O)c3ccc(SOO[O-])cc3C2(C)C)C(C)(C)c2cc(S(=O)(=O)O)ccc21. The number of hydrogen-bond donors (Lipinski definition) is 3. The third kappa shape index (κ3) is 10.2. The zero-order chi connectivity index (χ0) is 38.1. The predicted octanol–water partition coefficient (Wildman–Crippen LogP) is 6.33. The summed E-state index contributed by atoms with van der Waals surface area (Å²) in [6.45, 7) is 12.4. The first kappa shape index (κ1) is 41.9. The molecule has 52 heavy (non-hydrogen) atoms. The van der Waals surface area contributed by atoms with Crippen LogP contribution in [-0.4, -0.2) is 71.4 Å². The van der Waals surface area contributed by atoms with Crippen LogP contribution in [0.25, 0.3) is 0 Å². The van der Waals surface area contributed by atoms with E-state index in [1.165, 1.54) is 16.9 Å². The molecule has 0 aromatic heterocycles. The standard InChI is InChI=1S/C36H47N3O9S4/c1-6-38-29-17-15-26(52(44,45)46)24-28(29)36(4,5)31(38)11-10-12-32-35(2,3)27-23-25(51-48-47-43)14-16-30(27)39(32)20-9-7-8-13-33(40)37-19-22-50-49-21-18-34(41)42/h10-12,14-17,23-24H,6-9,13,18-22H2,1-5H3,(H3-,37,40,41,42,43,44,45,46). The van der Waals surface area contributed by atoms with Crippen molar-refractivity contribution in [2.24, 2.45) is 0 Å². The summed E-state index contributed by atoms with van der Waals surface area (Å²) in [5.74, 6) is 0.454. The Morgan fingerprint density at radius 1 is 1.00 bits per heavy atom. The molecule has 0 atom stereocenters. The number of amides is 1. The minimum Gasteiger partial charge on any atom is -0.691 e. The van der Waals surface area contributed by atoms with Gasteiger partial charge in [0.25, 0.3) is 10.1 Å². The highest BCUT2D eigenvalue weighted by Crippen LogP contribution is 2.48. The third-order valence-corrected chi connectivity index (χ3v) is 13.1. The largest absolute Gasteiger partial charge is 0.691 e. The molecule has 0 fully saturated rings. The van der Waals surface area contributed by atoms with Gasteiger partial charge in [0, 0.05) is 76.8 Å². The maximum atomic E-state index is 12.4. The molecule has 2 heterocycles. The van der Waals surface area contributed by atoms with Crippen LogP contribution in [0, 0.1) is 0 Å². The van der Waals surface area contributed by atoms with Gasteiger partial charge in [-0.2, -0.15) is 17.3 Å². The van der Waals surface area contributed by atoms with Crippen molar-refractivity contribution in [1.82, 2.24) is 5.32 Å². The molecule has 4 rings (SSSR count). The van der Waals surface area contributed by atoms with Crippen LogP contribution < -0.4 is 15.5 Å². The van der Waals surface area contributed by atoms with Crippen LogP contribution >= 0.6 is 33.6 Å². The first-order valence-electron chi connectivity index (χ1n) is 17.1. The molecule has 0 aliphatic carbocycles. The van der Waals surface area contributed by atoms with Gasteiger partial charge in [-0.05, 0) is 75.6 Å². The van der Waals surface area contributed by atoms with Crippen molar-refractivity contribution in [2.45, 2.75) is 87.3 Å². The van der Waals surface area contributed by atoms with E-state index in [4.69, 9.17) is 5.11 Å². The minimum absolute atomic E-state index is 0.00800. The van der Waals surface area contributed by atoms with Crippen molar-refractivity contribution in [3.63, 3.8) is 0 Å². The molecule has 3 N–H and O–H groups in total. The second-order valence-electron chi connectivity index (χ2n) is 13.4. The molecular formula is C36H47N3O9S4. The van der Waals surface area contributed by atoms with Crippen molar-refractivity contribution in [3.05, 3.63) is 71.5 Å². The van der Waals surface area contributed by atoms with Crippen LogP contribution in [0.4, 0.5) is 11.4 Å². The number of aliphatic carboxylic acids is 1. The summed E-state index contributed by atoms with van der Waals surface area (Å²) in [5, 5.41) is 25.7. The van der Waals surface area contributed by atoms with Gasteiger partial charge in [-0.1, -0.05) is 41.5 Å². The highest BCUT2D eigenvalue weighted by molar-refractivity contribution is 8.76. The molecule has 2 aliphatic heterocycles. The summed E-state index contributed by atoms with van der Waals surface area (Å²) in [6.07, 6.45) is 9.21. The Labute approximate surface area is 318 Å². The van der Waals surface area contributed by atoms with Crippen molar-refractivity contribution >= 4 is 72.7 Å². The third-order valence-electron chi connectivity index (χ3n) is 9.28. The number of benzene rings is 2. The Hall–Kier alpha value is -2.83. The molecular weight excluding hydrogens is 747 g/mol. The number of unbranched alkanes of at least 4 members (excludes halogenated alkanes) is 2. The maximum Gasteiger partial charge on any atom is 0.304 e. The van der Waals surface area contributed by atoms with E-state index in [-0.39, 0.29) is 17.2 Å². The molecule has 0 bridgehead atoms. The number of carboxylic acid groups (broad SMARTS) is 1. The topological polar surface area (TPSA) is 169 Å². The molecule has 0 saturated carbocycles. The van der Waals surface area contributed by atoms with Gasteiger partial charge in [0.2, 0.25) is 11.6 Å². The van der Waals surface area contributed by atoms with Gasteiger partial charge in [-0.15, -0.1) is 0 Å². The summed E-state index contributed by atoms with van der Waals surface area (Å²) < 4.78 is 40.5. The number of fused-ring (bicyclic) bond motifs is 2. The fourth-order valence-electron chi connectivity index (χ4n) is 6.69. The number of carbonyl (C=O) groups is 2. The van der Waals surface area contributed by atoms with E-state index < -0.39 is 26.9 Å². The molecule has 0 unspecified atom stereocenters. The minimum atomic E-state index is -4.35. The average Bonchev–Trinajstić information content (AvgIpc) is 3.43. The van der Waals surface area contributed by atoms with Crippen LogP contribution in [0.2, 0.25) is 0 Å². The lowest BCUT2D eigenvalue weighted by atomic mass is 9.81. The van der Waals surface area contributed by atoms with Crippen molar-refractivity contribution in [3.8, 4) is 0 Å². The Bertz CT molecular complexity index is 1820. The summed E-state index contributed by atoms with van der Waals surface area (Å²) >= 11 is 0.851. The molecule has 0 saturated heterocycles. The molecule has 2 aromatic rings. The van der Waals surface area contributed by atoms with E-state index in [1.54, 1.807) is 22.9 Å². The smallest absolute Gasteiger partial charge is 0.304 e. The second kappa shape index (κ2) is 18.5. The zero-order valence-electron chi connectivity index (χ0n) is 30.0. The monoisotopic (exact) mass is 793 g/mol. The van der Waals surface area contributed by atoms with Crippen molar-refractivity contribution in [1.29, 1.82) is 0 Å². The summed E-state index contributed by atoms with van der Waals surface area (Å²) in [4.78, 5) is 25.7. The molecule has 2 aromatic carbocycles. The maximum absolute atomic E-state index is 12.4. The number of rotatable bonds is 20. The number of nitrogens with one attached hydrogen (secondary N) is 1. The van der Waals surface area contributed by atoms with Gasteiger partial charge >= 0.3 is 5.97 Å². The van der Waals surface area contributed by atoms with Gasteiger partial charge in [-0.3, -0.25) is 19.2 Å². The fraction of sp³-hybridized carbons (Fsp3) is 0.472. The fourth-order valence-corrected chi connectivity index (χ4v) is 9.48. The summed E-state index contributed by atoms with van der Waals surface area (Å²) in [7, 11) is -1.30. The van der Waals surface area contributed by atoms with Gasteiger partial charge in [0.05, 0.1) is 28.8 Å². The zero-order valence-corrected chi connectivity index (χ0v) is 33.3. The van der Waals surface area contributed by atoms with Crippen LogP contribution in [0.3, 0.4) is 0 Å². The van der Waals surface area contributed by atoms with Gasteiger partial charge < -0.3 is 20.6 Å². The van der Waals surface area contributed by atoms with E-state index in [9.17, 15) is 27.8 Å². The van der Waals surface area contributed by atoms with E-state index >= 15 is 0 Å². The molecule has 284 valence electrons. The van der Waals surface area contributed by atoms with Gasteiger partial charge in [0.1, 0.15) is 6.54 Å². The second-order valence-corrected chi connectivity index (χ2v) is 18.3. The molecule has 12 nitrogen and oxygen atoms in total.